The maximum absolute atomic E-state index is 12.9. The van der Waals surface area contributed by atoms with Crippen molar-refractivity contribution in [2.24, 2.45) is 28.8 Å². The number of carbonyl (C=O) groups is 2. The number of fused-ring (bicyclic) bond motifs is 1. The Morgan fingerprint density at radius 1 is 0.897 bits per heavy atom. The topological polar surface area (TPSA) is 59.0 Å². The van der Waals surface area contributed by atoms with Crippen LogP contribution in [0.2, 0.25) is 0 Å². The average Bonchev–Trinajstić information content (AvgIpc) is 3.05. The second kappa shape index (κ2) is 7.32. The third kappa shape index (κ3) is 3.16. The van der Waals surface area contributed by atoms with Gasteiger partial charge in [-0.15, -0.1) is 0 Å². The Morgan fingerprint density at radius 2 is 1.52 bits per heavy atom. The van der Waals surface area contributed by atoms with Gasteiger partial charge in [0.05, 0.1) is 18.1 Å². The van der Waals surface area contributed by atoms with E-state index in [1.165, 1.54) is 0 Å². The normalized spacial score (nSPS) is 27.7. The maximum Gasteiger partial charge on any atom is 0.254 e. The van der Waals surface area contributed by atoms with E-state index in [0.717, 1.165) is 29.0 Å². The molecule has 4 aliphatic rings. The van der Waals surface area contributed by atoms with Crippen molar-refractivity contribution in [2.75, 3.05) is 0 Å². The van der Waals surface area contributed by atoms with Crippen LogP contribution in [0.25, 0.3) is 0 Å². The molecule has 0 spiro atoms. The second-order valence-electron chi connectivity index (χ2n) is 7.89. The first-order valence-electron chi connectivity index (χ1n) is 10.1. The van der Waals surface area contributed by atoms with Gasteiger partial charge in [0, 0.05) is 5.56 Å². The minimum atomic E-state index is -0.243. The van der Waals surface area contributed by atoms with Crippen LogP contribution in [-0.2, 0) is 16.2 Å². The minimum Gasteiger partial charge on any atom is -0.488 e. The summed E-state index contributed by atoms with van der Waals surface area (Å²) in [7, 11) is 0. The van der Waals surface area contributed by atoms with Crippen LogP contribution in [0.1, 0.15) is 24.0 Å². The van der Waals surface area contributed by atoms with Crippen molar-refractivity contribution >= 4 is 18.0 Å². The number of benzene rings is 2. The highest BCUT2D eigenvalue weighted by Crippen LogP contribution is 2.49. The Bertz CT molecular complexity index is 966. The SMILES string of the molecule is O=C1[C@H]2[C@H](C(=O)N1/N=C\c1ccccc1OCc1ccccc1)[C@H]1C=C[C@H]2CC1. The molecule has 2 aromatic rings. The van der Waals surface area contributed by atoms with Crippen LogP contribution in [0.3, 0.4) is 0 Å². The van der Waals surface area contributed by atoms with E-state index in [1.54, 1.807) is 6.21 Å². The molecule has 1 saturated heterocycles. The van der Waals surface area contributed by atoms with Gasteiger partial charge in [-0.2, -0.15) is 10.1 Å². The molecule has 0 unspecified atom stereocenters. The fourth-order valence-corrected chi connectivity index (χ4v) is 4.75. The molecule has 3 aliphatic carbocycles. The summed E-state index contributed by atoms with van der Waals surface area (Å²) in [5.74, 6) is 0.182. The van der Waals surface area contributed by atoms with Crippen molar-refractivity contribution in [2.45, 2.75) is 19.4 Å². The highest BCUT2D eigenvalue weighted by atomic mass is 16.5. The Hall–Kier alpha value is -3.21. The third-order valence-electron chi connectivity index (χ3n) is 6.20. The molecule has 5 heteroatoms. The maximum atomic E-state index is 12.9. The molecule has 2 fully saturated rings. The fraction of sp³-hybridized carbons (Fsp3) is 0.292. The Labute approximate surface area is 169 Å². The lowest BCUT2D eigenvalue weighted by molar-refractivity contribution is -0.140. The van der Waals surface area contributed by atoms with E-state index >= 15 is 0 Å². The zero-order valence-corrected chi connectivity index (χ0v) is 16.0. The van der Waals surface area contributed by atoms with Gasteiger partial charge in [0.1, 0.15) is 12.4 Å². The first-order valence-corrected chi connectivity index (χ1v) is 10.1. The van der Waals surface area contributed by atoms with Gasteiger partial charge in [0.15, 0.2) is 0 Å². The van der Waals surface area contributed by atoms with Gasteiger partial charge in [0.25, 0.3) is 11.8 Å². The molecule has 1 heterocycles. The van der Waals surface area contributed by atoms with Gasteiger partial charge in [-0.25, -0.2) is 0 Å². The summed E-state index contributed by atoms with van der Waals surface area (Å²) < 4.78 is 5.94. The van der Waals surface area contributed by atoms with E-state index in [2.05, 4.69) is 17.3 Å². The number of hydrogen-bond acceptors (Lipinski definition) is 4. The standard InChI is InChI=1S/C24H22N2O3/c27-23-21-17-10-11-18(13-12-17)22(21)24(28)26(23)25-14-19-8-4-5-9-20(19)29-15-16-6-2-1-3-7-16/h1-11,14,17-18,21-22H,12-13,15H2/b25-14-/t17-,18-,21+,22+/m0/s1. The van der Waals surface area contributed by atoms with Gasteiger partial charge < -0.3 is 4.74 Å². The van der Waals surface area contributed by atoms with E-state index in [0.29, 0.717) is 12.4 Å². The number of para-hydroxylation sites is 1. The lowest BCUT2D eigenvalue weighted by Gasteiger charge is -2.37. The van der Waals surface area contributed by atoms with E-state index < -0.39 is 0 Å². The quantitative estimate of drug-likeness (QED) is 0.446. The molecule has 29 heavy (non-hydrogen) atoms. The van der Waals surface area contributed by atoms with Gasteiger partial charge in [-0.1, -0.05) is 54.6 Å². The molecule has 2 aromatic carbocycles. The largest absolute Gasteiger partial charge is 0.488 e. The highest BCUT2D eigenvalue weighted by molar-refractivity contribution is 6.06. The summed E-state index contributed by atoms with van der Waals surface area (Å²) in [6.45, 7) is 0.437. The molecule has 146 valence electrons. The third-order valence-corrected chi connectivity index (χ3v) is 6.20. The number of allylic oxidation sites excluding steroid dienone is 2. The van der Waals surface area contributed by atoms with E-state index in [1.807, 2.05) is 54.6 Å². The monoisotopic (exact) mass is 386 g/mol. The van der Waals surface area contributed by atoms with Crippen molar-refractivity contribution in [1.29, 1.82) is 0 Å². The van der Waals surface area contributed by atoms with Crippen molar-refractivity contribution in [1.82, 2.24) is 5.01 Å². The molecular formula is C24H22N2O3. The first kappa shape index (κ1) is 17.9. The molecule has 1 aliphatic heterocycles. The van der Waals surface area contributed by atoms with E-state index in [-0.39, 0.29) is 35.5 Å². The van der Waals surface area contributed by atoms with Crippen molar-refractivity contribution in [3.05, 3.63) is 77.9 Å². The number of hydrogen-bond donors (Lipinski definition) is 0. The first-order chi connectivity index (χ1) is 14.2. The number of amides is 2. The summed E-state index contributed by atoms with van der Waals surface area (Å²) >= 11 is 0. The molecular weight excluding hydrogens is 364 g/mol. The smallest absolute Gasteiger partial charge is 0.254 e. The van der Waals surface area contributed by atoms with Crippen LogP contribution >= 0.6 is 0 Å². The lowest BCUT2D eigenvalue weighted by Crippen LogP contribution is -2.38. The summed E-state index contributed by atoms with van der Waals surface area (Å²) in [6.07, 6.45) is 7.74. The zero-order valence-electron chi connectivity index (χ0n) is 16.0. The van der Waals surface area contributed by atoms with Crippen LogP contribution in [0, 0.1) is 23.7 Å². The Kier molecular flexibility index (Phi) is 4.51. The van der Waals surface area contributed by atoms with Crippen LogP contribution < -0.4 is 4.74 Å². The number of imide groups is 1. The lowest BCUT2D eigenvalue weighted by atomic mass is 9.63. The van der Waals surface area contributed by atoms with E-state index in [4.69, 9.17) is 4.74 Å². The number of rotatable bonds is 5. The van der Waals surface area contributed by atoms with Crippen LogP contribution in [0.5, 0.6) is 5.75 Å². The fourth-order valence-electron chi connectivity index (χ4n) is 4.75. The zero-order chi connectivity index (χ0) is 19.8. The molecule has 0 aromatic heterocycles. The number of hydrazone groups is 1. The summed E-state index contributed by atoms with van der Waals surface area (Å²) in [5, 5.41) is 5.38. The summed E-state index contributed by atoms with van der Waals surface area (Å²) in [4.78, 5) is 25.8. The second-order valence-corrected chi connectivity index (χ2v) is 7.89. The number of ether oxygens (including phenoxy) is 1. The van der Waals surface area contributed by atoms with Crippen LogP contribution in [0.4, 0.5) is 0 Å². The molecule has 2 bridgehead atoms. The molecule has 6 rings (SSSR count). The van der Waals surface area contributed by atoms with Crippen molar-refractivity contribution < 1.29 is 14.3 Å². The molecule has 1 saturated carbocycles. The van der Waals surface area contributed by atoms with E-state index in [9.17, 15) is 9.59 Å². The Balaban J connectivity index is 1.34. The summed E-state index contributed by atoms with van der Waals surface area (Å²) in [6, 6.07) is 17.4. The molecule has 0 radical (unpaired) electrons. The van der Waals surface area contributed by atoms with Gasteiger partial charge >= 0.3 is 0 Å². The van der Waals surface area contributed by atoms with Crippen molar-refractivity contribution in [3.8, 4) is 5.75 Å². The number of carbonyl (C=O) groups excluding carboxylic acids is 2. The molecule has 5 nitrogen and oxygen atoms in total. The predicted octanol–water partition coefficient (Wildman–Crippen LogP) is 3.80. The molecule has 4 atom stereocenters. The van der Waals surface area contributed by atoms with Gasteiger partial charge in [0.2, 0.25) is 0 Å². The highest BCUT2D eigenvalue weighted by Gasteiger charge is 2.56. The van der Waals surface area contributed by atoms with Crippen LogP contribution in [-0.4, -0.2) is 23.0 Å². The summed E-state index contributed by atoms with van der Waals surface area (Å²) in [5.41, 5.74) is 1.80. The van der Waals surface area contributed by atoms with Crippen molar-refractivity contribution in [3.63, 3.8) is 0 Å². The minimum absolute atomic E-state index is 0.169. The predicted molar refractivity (Wildman–Crippen MR) is 109 cm³/mol. The van der Waals surface area contributed by atoms with Gasteiger partial charge in [-0.05, 0) is 42.4 Å². The molecule has 2 amide bonds. The Morgan fingerprint density at radius 3 is 2.17 bits per heavy atom. The average molecular weight is 386 g/mol. The van der Waals surface area contributed by atoms with Gasteiger partial charge in [-0.3, -0.25) is 9.59 Å². The van der Waals surface area contributed by atoms with Crippen LogP contribution in [0.15, 0.2) is 71.9 Å². The molecule has 0 N–H and O–H groups in total. The number of nitrogens with zero attached hydrogens (tertiary/aromatic N) is 2.